The van der Waals surface area contributed by atoms with Gasteiger partial charge in [0.2, 0.25) is 0 Å². The molecule has 1 saturated heterocycles. The van der Waals surface area contributed by atoms with Gasteiger partial charge in [-0.15, -0.1) is 0 Å². The van der Waals surface area contributed by atoms with Crippen LogP contribution in [0.25, 0.3) is 11.5 Å². The van der Waals surface area contributed by atoms with Crippen LogP contribution in [-0.2, 0) is 6.61 Å². The number of pyridine rings is 1. The molecule has 0 bridgehead atoms. The van der Waals surface area contributed by atoms with Gasteiger partial charge in [-0.25, -0.2) is 0 Å². The molecule has 1 fully saturated rings. The van der Waals surface area contributed by atoms with Gasteiger partial charge in [0, 0.05) is 37.6 Å². The number of nitrogens with one attached hydrogen (secondary N) is 1. The minimum absolute atomic E-state index is 0.143. The van der Waals surface area contributed by atoms with Crippen molar-refractivity contribution in [2.45, 2.75) is 12.6 Å². The number of rotatable bonds is 5. The molecule has 0 aliphatic carbocycles. The van der Waals surface area contributed by atoms with Crippen LogP contribution in [0.4, 0.5) is 0 Å². The molecular weight excluding hydrogens is 330 g/mol. The van der Waals surface area contributed by atoms with Crippen LogP contribution in [0.1, 0.15) is 17.4 Å². The smallest absolute Gasteiger partial charge is 0.257 e. The Morgan fingerprint density at radius 3 is 2.77 bits per heavy atom. The average molecular weight is 351 g/mol. The van der Waals surface area contributed by atoms with Crippen molar-refractivity contribution < 1.29 is 9.26 Å². The van der Waals surface area contributed by atoms with Gasteiger partial charge in [-0.1, -0.05) is 5.16 Å². The van der Waals surface area contributed by atoms with Crippen molar-refractivity contribution in [1.29, 1.82) is 0 Å². The first-order chi connectivity index (χ1) is 12.8. The van der Waals surface area contributed by atoms with Crippen LogP contribution in [0.3, 0.4) is 0 Å². The summed E-state index contributed by atoms with van der Waals surface area (Å²) in [5.74, 6) is 2.04. The Morgan fingerprint density at radius 1 is 1.19 bits per heavy atom. The van der Waals surface area contributed by atoms with E-state index in [1.165, 1.54) is 0 Å². The first-order valence-electron chi connectivity index (χ1n) is 8.66. The number of ether oxygens (including phenoxy) is 1. The van der Waals surface area contributed by atoms with Crippen LogP contribution < -0.4 is 10.1 Å². The molecule has 26 heavy (non-hydrogen) atoms. The maximum atomic E-state index is 5.79. The first kappa shape index (κ1) is 16.7. The predicted molar refractivity (Wildman–Crippen MR) is 96.5 cm³/mol. The summed E-state index contributed by atoms with van der Waals surface area (Å²) in [7, 11) is 2.08. The zero-order chi connectivity index (χ0) is 17.8. The minimum atomic E-state index is 0.143. The molecule has 0 amide bonds. The lowest BCUT2D eigenvalue weighted by Gasteiger charge is -2.30. The highest BCUT2D eigenvalue weighted by Crippen LogP contribution is 2.24. The molecule has 1 unspecified atom stereocenters. The van der Waals surface area contributed by atoms with E-state index in [1.807, 2.05) is 36.4 Å². The van der Waals surface area contributed by atoms with Gasteiger partial charge < -0.3 is 14.6 Å². The molecule has 0 spiro atoms. The number of likely N-dealkylation sites (N-methyl/N-ethyl adjacent to an activating group) is 1. The summed E-state index contributed by atoms with van der Waals surface area (Å²) < 4.78 is 11.2. The molecule has 134 valence electrons. The molecule has 2 aromatic heterocycles. The number of hydrogen-bond acceptors (Lipinski definition) is 7. The molecule has 1 N–H and O–H groups in total. The summed E-state index contributed by atoms with van der Waals surface area (Å²) in [5.41, 5.74) is 1.96. The Labute approximate surface area is 152 Å². The van der Waals surface area contributed by atoms with E-state index < -0.39 is 0 Å². The number of benzene rings is 1. The molecule has 3 heterocycles. The Hall–Kier alpha value is -2.77. The van der Waals surface area contributed by atoms with Crippen molar-refractivity contribution in [3.8, 4) is 17.2 Å². The number of nitrogens with zero attached hydrogens (tertiary/aromatic N) is 4. The SMILES string of the molecule is CN1CCNCC1c1noc(-c2ccc(OCc3ccncc3)cc2)n1. The third-order valence-corrected chi connectivity index (χ3v) is 4.51. The Balaban J connectivity index is 1.42. The highest BCUT2D eigenvalue weighted by atomic mass is 16.5. The van der Waals surface area contributed by atoms with Crippen LogP contribution in [0.2, 0.25) is 0 Å². The summed E-state index contributed by atoms with van der Waals surface area (Å²) in [5, 5.41) is 7.52. The van der Waals surface area contributed by atoms with Crippen molar-refractivity contribution in [2.24, 2.45) is 0 Å². The maximum Gasteiger partial charge on any atom is 0.257 e. The van der Waals surface area contributed by atoms with Crippen LogP contribution in [-0.4, -0.2) is 46.7 Å². The first-order valence-corrected chi connectivity index (χ1v) is 8.66. The quantitative estimate of drug-likeness (QED) is 0.756. The van der Waals surface area contributed by atoms with Crippen LogP contribution in [0.5, 0.6) is 5.75 Å². The highest BCUT2D eigenvalue weighted by Gasteiger charge is 2.25. The Bertz CT molecular complexity index is 835. The van der Waals surface area contributed by atoms with Gasteiger partial charge in [0.1, 0.15) is 12.4 Å². The topological polar surface area (TPSA) is 76.3 Å². The molecule has 0 saturated carbocycles. The summed E-state index contributed by atoms with van der Waals surface area (Å²) in [4.78, 5) is 10.8. The van der Waals surface area contributed by atoms with Gasteiger partial charge in [0.15, 0.2) is 5.82 Å². The number of aromatic nitrogens is 3. The fraction of sp³-hybridized carbons (Fsp3) is 0.316. The maximum absolute atomic E-state index is 5.79. The normalized spacial score (nSPS) is 18.0. The van der Waals surface area contributed by atoms with Crippen molar-refractivity contribution >= 4 is 0 Å². The largest absolute Gasteiger partial charge is 0.489 e. The van der Waals surface area contributed by atoms with E-state index >= 15 is 0 Å². The van der Waals surface area contributed by atoms with Crippen LogP contribution in [0.15, 0.2) is 53.3 Å². The number of piperazine rings is 1. The molecule has 7 heteroatoms. The van der Waals surface area contributed by atoms with E-state index in [0.29, 0.717) is 18.3 Å². The van der Waals surface area contributed by atoms with Gasteiger partial charge in [-0.3, -0.25) is 9.88 Å². The predicted octanol–water partition coefficient (Wildman–Crippen LogP) is 2.29. The third-order valence-electron chi connectivity index (χ3n) is 4.51. The molecule has 0 radical (unpaired) electrons. The highest BCUT2D eigenvalue weighted by molar-refractivity contribution is 5.54. The lowest BCUT2D eigenvalue weighted by Crippen LogP contribution is -2.44. The Kier molecular flexibility index (Phi) is 4.90. The fourth-order valence-electron chi connectivity index (χ4n) is 2.92. The fourth-order valence-corrected chi connectivity index (χ4v) is 2.92. The van der Waals surface area contributed by atoms with Gasteiger partial charge >= 0.3 is 0 Å². The van der Waals surface area contributed by atoms with E-state index in [2.05, 4.69) is 32.4 Å². The Morgan fingerprint density at radius 2 is 2.00 bits per heavy atom. The molecule has 1 aromatic carbocycles. The van der Waals surface area contributed by atoms with Crippen molar-refractivity contribution in [1.82, 2.24) is 25.3 Å². The van der Waals surface area contributed by atoms with Crippen molar-refractivity contribution in [3.05, 3.63) is 60.2 Å². The third kappa shape index (κ3) is 3.74. The second-order valence-corrected chi connectivity index (χ2v) is 6.33. The standard InChI is InChI=1S/C19H21N5O2/c1-24-11-10-21-12-17(24)18-22-19(26-23-18)15-2-4-16(5-3-15)25-13-14-6-8-20-9-7-14/h2-9,17,21H,10-13H2,1H3. The molecule has 7 nitrogen and oxygen atoms in total. The minimum Gasteiger partial charge on any atom is -0.489 e. The van der Waals surface area contributed by atoms with Gasteiger partial charge in [0.25, 0.3) is 5.89 Å². The van der Waals surface area contributed by atoms with Gasteiger partial charge in [0.05, 0.1) is 6.04 Å². The zero-order valence-electron chi connectivity index (χ0n) is 14.6. The van der Waals surface area contributed by atoms with E-state index in [9.17, 15) is 0 Å². The van der Waals surface area contributed by atoms with Gasteiger partial charge in [-0.05, 0) is 49.0 Å². The summed E-state index contributed by atoms with van der Waals surface area (Å²) >= 11 is 0. The molecule has 1 atom stereocenters. The summed E-state index contributed by atoms with van der Waals surface area (Å²) in [6.07, 6.45) is 3.52. The lowest BCUT2D eigenvalue weighted by molar-refractivity contribution is 0.190. The second kappa shape index (κ2) is 7.63. The van der Waals surface area contributed by atoms with Crippen LogP contribution in [0, 0.1) is 0 Å². The molecule has 3 aromatic rings. The second-order valence-electron chi connectivity index (χ2n) is 6.33. The summed E-state index contributed by atoms with van der Waals surface area (Å²) in [6, 6.07) is 11.7. The van der Waals surface area contributed by atoms with Gasteiger partial charge in [-0.2, -0.15) is 4.98 Å². The monoisotopic (exact) mass is 351 g/mol. The van der Waals surface area contributed by atoms with Crippen molar-refractivity contribution in [2.75, 3.05) is 26.7 Å². The number of hydrogen-bond donors (Lipinski definition) is 1. The van der Waals surface area contributed by atoms with Crippen molar-refractivity contribution in [3.63, 3.8) is 0 Å². The molecule has 1 aliphatic heterocycles. The van der Waals surface area contributed by atoms with E-state index in [1.54, 1.807) is 12.4 Å². The van der Waals surface area contributed by atoms with E-state index in [-0.39, 0.29) is 6.04 Å². The van der Waals surface area contributed by atoms with E-state index in [0.717, 1.165) is 36.5 Å². The zero-order valence-corrected chi connectivity index (χ0v) is 14.6. The lowest BCUT2D eigenvalue weighted by atomic mass is 10.2. The molecular formula is C19H21N5O2. The average Bonchev–Trinajstić information content (AvgIpc) is 3.18. The summed E-state index contributed by atoms with van der Waals surface area (Å²) in [6.45, 7) is 3.29. The van der Waals surface area contributed by atoms with E-state index in [4.69, 9.17) is 9.26 Å². The van der Waals surface area contributed by atoms with Crippen LogP contribution >= 0.6 is 0 Å². The molecule has 4 rings (SSSR count). The molecule has 1 aliphatic rings.